The lowest BCUT2D eigenvalue weighted by Gasteiger charge is -1.99. The molecule has 2 aromatic rings. The molecule has 0 unspecified atom stereocenters. The van der Waals surface area contributed by atoms with Crippen LogP contribution in [0.4, 0.5) is 0 Å². The number of benzene rings is 1. The predicted octanol–water partition coefficient (Wildman–Crippen LogP) is 3.80. The quantitative estimate of drug-likeness (QED) is 0.621. The maximum absolute atomic E-state index is 5.31. The van der Waals surface area contributed by atoms with E-state index in [2.05, 4.69) is 47.4 Å². The Morgan fingerprint density at radius 2 is 2.23 bits per heavy atom. The fourth-order valence-electron chi connectivity index (χ4n) is 1.26. The Morgan fingerprint density at radius 3 is 2.92 bits per heavy atom. The van der Waals surface area contributed by atoms with Crippen LogP contribution in [0.5, 0.6) is 5.75 Å². The van der Waals surface area contributed by atoms with E-state index in [0.717, 1.165) is 9.96 Å². The number of ether oxygens (including phenoxy) is 1. The fraction of sp³-hybridized carbons (Fsp3) is 0.111. The summed E-state index contributed by atoms with van der Waals surface area (Å²) in [5.41, 5.74) is 0. The van der Waals surface area contributed by atoms with Crippen LogP contribution in [-0.4, -0.2) is 7.11 Å². The Balaban J connectivity index is 2.88. The van der Waals surface area contributed by atoms with E-state index >= 15 is 0 Å². The highest BCUT2D eigenvalue weighted by atomic mass is 127. The third-order valence-corrected chi connectivity index (χ3v) is 4.12. The maximum Gasteiger partial charge on any atom is 0.151 e. The molecule has 0 aliphatic heterocycles. The molecule has 4 heteroatoms. The smallest absolute Gasteiger partial charge is 0.151 e. The number of fused-ring (bicyclic) bond motifs is 1. The predicted molar refractivity (Wildman–Crippen MR) is 68.3 cm³/mol. The van der Waals surface area contributed by atoms with Crippen molar-refractivity contribution in [3.63, 3.8) is 0 Å². The van der Waals surface area contributed by atoms with Crippen molar-refractivity contribution in [3.8, 4) is 5.75 Å². The average Bonchev–Trinajstić information content (AvgIpc) is 2.42. The molecular formula is C9H7IOS2. The Kier molecular flexibility index (Phi) is 2.71. The first-order valence-corrected chi connectivity index (χ1v) is 6.02. The molecule has 0 atom stereocenters. The minimum Gasteiger partial charge on any atom is -0.494 e. The second kappa shape index (κ2) is 3.67. The number of methoxy groups -OCH3 is 1. The van der Waals surface area contributed by atoms with Gasteiger partial charge in [0.25, 0.3) is 0 Å². The first-order valence-electron chi connectivity index (χ1n) is 3.68. The van der Waals surface area contributed by atoms with Crippen molar-refractivity contribution < 1.29 is 4.74 Å². The van der Waals surface area contributed by atoms with E-state index in [1.165, 1.54) is 13.7 Å². The monoisotopic (exact) mass is 322 g/mol. The van der Waals surface area contributed by atoms with Gasteiger partial charge in [-0.05, 0) is 34.7 Å². The fourth-order valence-corrected chi connectivity index (χ4v) is 3.62. The number of halogens is 1. The van der Waals surface area contributed by atoms with Gasteiger partial charge >= 0.3 is 0 Å². The lowest BCUT2D eigenvalue weighted by Crippen LogP contribution is -1.82. The number of rotatable bonds is 1. The second-order valence-corrected chi connectivity index (χ2v) is 5.52. The minimum atomic E-state index is 0.897. The van der Waals surface area contributed by atoms with Gasteiger partial charge in [0.05, 0.1) is 7.11 Å². The average molecular weight is 322 g/mol. The zero-order chi connectivity index (χ0) is 9.42. The van der Waals surface area contributed by atoms with E-state index in [4.69, 9.17) is 4.74 Å². The summed E-state index contributed by atoms with van der Waals surface area (Å²) in [6.07, 6.45) is 0. The van der Waals surface area contributed by atoms with Gasteiger partial charge in [-0.15, -0.1) is 24.0 Å². The zero-order valence-corrected chi connectivity index (χ0v) is 10.7. The number of hydrogen-bond acceptors (Lipinski definition) is 3. The number of hydrogen-bond donors (Lipinski definition) is 1. The number of thiol groups is 1. The van der Waals surface area contributed by atoms with Crippen LogP contribution in [0.25, 0.3) is 10.1 Å². The van der Waals surface area contributed by atoms with Crippen LogP contribution < -0.4 is 4.74 Å². The summed E-state index contributed by atoms with van der Waals surface area (Å²) < 4.78 is 8.70. The highest BCUT2D eigenvalue weighted by molar-refractivity contribution is 14.1. The Bertz CT molecular complexity index is 450. The van der Waals surface area contributed by atoms with Gasteiger partial charge in [-0.1, -0.05) is 6.07 Å². The van der Waals surface area contributed by atoms with Gasteiger partial charge in [0, 0.05) is 13.7 Å². The van der Waals surface area contributed by atoms with E-state index in [1.54, 1.807) is 18.4 Å². The first-order chi connectivity index (χ1) is 6.24. The molecule has 0 aliphatic carbocycles. The van der Waals surface area contributed by atoms with Crippen molar-refractivity contribution in [2.45, 2.75) is 4.21 Å². The molecule has 0 fully saturated rings. The van der Waals surface area contributed by atoms with Gasteiger partial charge in [0.2, 0.25) is 0 Å². The van der Waals surface area contributed by atoms with Crippen LogP contribution in [0, 0.1) is 3.57 Å². The van der Waals surface area contributed by atoms with Crippen LogP contribution in [0.15, 0.2) is 22.4 Å². The molecule has 0 bridgehead atoms. The number of thiophene rings is 1. The van der Waals surface area contributed by atoms with Gasteiger partial charge in [0.15, 0.2) is 5.75 Å². The van der Waals surface area contributed by atoms with Crippen molar-refractivity contribution in [3.05, 3.63) is 21.8 Å². The standard InChI is InChI=1S/C9H7IOS2/c1-11-8-7-5(10)3-2-4-6(7)13-9(8)12/h2-4,12H,1H3. The molecule has 1 nitrogen and oxygen atoms in total. The van der Waals surface area contributed by atoms with Gasteiger partial charge < -0.3 is 4.74 Å². The van der Waals surface area contributed by atoms with Crippen molar-refractivity contribution >= 4 is 56.6 Å². The summed E-state index contributed by atoms with van der Waals surface area (Å²) in [7, 11) is 1.68. The summed E-state index contributed by atoms with van der Waals surface area (Å²) in [5, 5.41) is 1.18. The van der Waals surface area contributed by atoms with Crippen LogP contribution in [0.1, 0.15) is 0 Å². The maximum atomic E-state index is 5.31. The lowest BCUT2D eigenvalue weighted by molar-refractivity contribution is 0.413. The molecule has 1 aromatic heterocycles. The third kappa shape index (κ3) is 1.55. The molecule has 0 amide bonds. The summed E-state index contributed by atoms with van der Waals surface area (Å²) in [4.78, 5) is 0. The van der Waals surface area contributed by atoms with Crippen LogP contribution in [0.2, 0.25) is 0 Å². The van der Waals surface area contributed by atoms with Crippen LogP contribution in [-0.2, 0) is 0 Å². The summed E-state index contributed by atoms with van der Waals surface area (Å²) in [6, 6.07) is 6.21. The molecule has 1 aromatic carbocycles. The molecule has 0 aliphatic rings. The Morgan fingerprint density at radius 1 is 1.46 bits per heavy atom. The normalized spacial score (nSPS) is 10.7. The molecule has 1 heterocycles. The summed E-state index contributed by atoms with van der Waals surface area (Å²) in [5.74, 6) is 0.897. The van der Waals surface area contributed by atoms with E-state index in [-0.39, 0.29) is 0 Å². The molecule has 0 N–H and O–H groups in total. The molecular weight excluding hydrogens is 315 g/mol. The van der Waals surface area contributed by atoms with Gasteiger partial charge in [-0.2, -0.15) is 0 Å². The second-order valence-electron chi connectivity index (χ2n) is 2.55. The largest absolute Gasteiger partial charge is 0.494 e. The Labute approximate surface area is 99.6 Å². The summed E-state index contributed by atoms with van der Waals surface area (Å²) >= 11 is 8.34. The zero-order valence-electron chi connectivity index (χ0n) is 6.87. The molecule has 13 heavy (non-hydrogen) atoms. The van der Waals surface area contributed by atoms with E-state index in [0.29, 0.717) is 0 Å². The van der Waals surface area contributed by atoms with Crippen molar-refractivity contribution in [2.24, 2.45) is 0 Å². The minimum absolute atomic E-state index is 0.897. The third-order valence-electron chi connectivity index (χ3n) is 1.81. The first kappa shape index (κ1) is 9.61. The molecule has 0 saturated heterocycles. The van der Waals surface area contributed by atoms with Gasteiger partial charge in [-0.3, -0.25) is 0 Å². The topological polar surface area (TPSA) is 9.23 Å². The van der Waals surface area contributed by atoms with Crippen molar-refractivity contribution in [2.75, 3.05) is 7.11 Å². The van der Waals surface area contributed by atoms with Crippen LogP contribution >= 0.6 is 46.6 Å². The van der Waals surface area contributed by atoms with Gasteiger partial charge in [0.1, 0.15) is 4.21 Å². The summed E-state index contributed by atoms with van der Waals surface area (Å²) in [6.45, 7) is 0. The Hall–Kier alpha value is 0.0600. The van der Waals surface area contributed by atoms with Gasteiger partial charge in [-0.25, -0.2) is 0 Å². The molecule has 0 radical (unpaired) electrons. The molecule has 0 saturated carbocycles. The van der Waals surface area contributed by atoms with E-state index in [1.807, 2.05) is 6.07 Å². The molecule has 68 valence electrons. The van der Waals surface area contributed by atoms with E-state index in [9.17, 15) is 0 Å². The highest BCUT2D eigenvalue weighted by Gasteiger charge is 2.11. The lowest BCUT2D eigenvalue weighted by atomic mass is 10.2. The van der Waals surface area contributed by atoms with Crippen molar-refractivity contribution in [1.82, 2.24) is 0 Å². The molecule has 0 spiro atoms. The highest BCUT2D eigenvalue weighted by Crippen LogP contribution is 2.41. The molecule has 2 rings (SSSR count). The SMILES string of the molecule is COc1c(S)sc2cccc(I)c12. The van der Waals surface area contributed by atoms with Crippen LogP contribution in [0.3, 0.4) is 0 Å². The van der Waals surface area contributed by atoms with Crippen molar-refractivity contribution in [1.29, 1.82) is 0 Å². The van der Waals surface area contributed by atoms with E-state index < -0.39 is 0 Å².